The molecule has 3 nitrogen and oxygen atoms in total. The molecule has 0 amide bonds. The third-order valence-electron chi connectivity index (χ3n) is 3.15. The van der Waals surface area contributed by atoms with Crippen LogP contribution in [-0.4, -0.2) is 21.3 Å². The Bertz CT molecular complexity index is 606. The molecule has 2 rings (SSSR count). The zero-order valence-corrected chi connectivity index (χ0v) is 14.9. The van der Waals surface area contributed by atoms with Crippen LogP contribution < -0.4 is 14.2 Å². The van der Waals surface area contributed by atoms with Crippen molar-refractivity contribution in [2.75, 3.05) is 21.3 Å². The number of rotatable bonds is 5. The largest absolute Gasteiger partial charge is 0.496 e. The minimum Gasteiger partial charge on any atom is -0.496 e. The second-order valence-corrected chi connectivity index (χ2v) is 6.05. The highest BCUT2D eigenvalue weighted by Gasteiger charge is 2.22. The zero-order valence-electron chi connectivity index (χ0n) is 12.0. The summed E-state index contributed by atoms with van der Waals surface area (Å²) in [6.07, 6.45) is 0. The fraction of sp³-hybridized carbons (Fsp3) is 0.250. The molecule has 1 unspecified atom stereocenters. The molecule has 112 valence electrons. The Morgan fingerprint density at radius 3 is 2.05 bits per heavy atom. The molecule has 0 radical (unpaired) electrons. The quantitative estimate of drug-likeness (QED) is 0.523. The van der Waals surface area contributed by atoms with Crippen molar-refractivity contribution in [3.05, 3.63) is 51.1 Å². The third-order valence-corrected chi connectivity index (χ3v) is 4.29. The van der Waals surface area contributed by atoms with Crippen LogP contribution in [0.15, 0.2) is 36.4 Å². The maximum Gasteiger partial charge on any atom is 0.131 e. The first-order chi connectivity index (χ1) is 10.1. The van der Waals surface area contributed by atoms with Gasteiger partial charge in [0, 0.05) is 15.7 Å². The molecule has 0 aliphatic heterocycles. The summed E-state index contributed by atoms with van der Waals surface area (Å²) in [7, 11) is 4.82. The van der Waals surface area contributed by atoms with E-state index in [2.05, 4.69) is 22.6 Å². The Morgan fingerprint density at radius 2 is 1.57 bits per heavy atom. The molecule has 21 heavy (non-hydrogen) atoms. The predicted molar refractivity (Wildman–Crippen MR) is 93.0 cm³/mol. The van der Waals surface area contributed by atoms with Gasteiger partial charge in [-0.3, -0.25) is 0 Å². The lowest BCUT2D eigenvalue weighted by Crippen LogP contribution is -2.02. The first-order valence-electron chi connectivity index (χ1n) is 6.30. The van der Waals surface area contributed by atoms with E-state index in [9.17, 15) is 0 Å². The van der Waals surface area contributed by atoms with Gasteiger partial charge in [0.05, 0.1) is 32.3 Å². The van der Waals surface area contributed by atoms with Crippen LogP contribution in [0, 0.1) is 3.57 Å². The standard InChI is InChI=1S/C16H16ClIO3/c1-19-12-8-13(20-2)15(14(9-12)21-3)16(17)10-5-4-6-11(18)7-10/h4-9,16H,1-3H3. The Labute approximate surface area is 143 Å². The SMILES string of the molecule is COc1cc(OC)c(C(Cl)c2cccc(I)c2)c(OC)c1. The van der Waals surface area contributed by atoms with Crippen LogP contribution in [0.3, 0.4) is 0 Å². The van der Waals surface area contributed by atoms with Crippen molar-refractivity contribution in [3.63, 3.8) is 0 Å². The van der Waals surface area contributed by atoms with Gasteiger partial charge in [-0.05, 0) is 40.3 Å². The minimum absolute atomic E-state index is 0.365. The van der Waals surface area contributed by atoms with Crippen LogP contribution in [0.1, 0.15) is 16.5 Å². The van der Waals surface area contributed by atoms with Crippen molar-refractivity contribution in [1.29, 1.82) is 0 Å². The van der Waals surface area contributed by atoms with E-state index in [0.717, 1.165) is 14.7 Å². The molecule has 0 N–H and O–H groups in total. The number of alkyl halides is 1. The molecule has 0 aliphatic carbocycles. The Balaban J connectivity index is 2.55. The maximum absolute atomic E-state index is 6.66. The fourth-order valence-electron chi connectivity index (χ4n) is 2.11. The van der Waals surface area contributed by atoms with Crippen LogP contribution in [-0.2, 0) is 0 Å². The summed E-state index contributed by atoms with van der Waals surface area (Å²) in [5, 5.41) is -0.365. The highest BCUT2D eigenvalue weighted by Crippen LogP contribution is 2.43. The lowest BCUT2D eigenvalue weighted by molar-refractivity contribution is 0.369. The molecule has 0 aromatic heterocycles. The van der Waals surface area contributed by atoms with Crippen LogP contribution in [0.4, 0.5) is 0 Å². The summed E-state index contributed by atoms with van der Waals surface area (Å²) in [5.74, 6) is 1.95. The lowest BCUT2D eigenvalue weighted by Gasteiger charge is -2.19. The first-order valence-corrected chi connectivity index (χ1v) is 7.81. The molecule has 0 saturated carbocycles. The van der Waals surface area contributed by atoms with Crippen molar-refractivity contribution in [2.24, 2.45) is 0 Å². The summed E-state index contributed by atoms with van der Waals surface area (Å²) in [4.78, 5) is 0. The van der Waals surface area contributed by atoms with Crippen molar-refractivity contribution in [3.8, 4) is 17.2 Å². The number of halogens is 2. The van der Waals surface area contributed by atoms with Gasteiger partial charge in [-0.1, -0.05) is 12.1 Å². The van der Waals surface area contributed by atoms with Gasteiger partial charge in [0.15, 0.2) is 0 Å². The highest BCUT2D eigenvalue weighted by atomic mass is 127. The van der Waals surface area contributed by atoms with Gasteiger partial charge in [0.1, 0.15) is 17.2 Å². The summed E-state index contributed by atoms with van der Waals surface area (Å²) >= 11 is 8.93. The Hall–Kier alpha value is -1.14. The third kappa shape index (κ3) is 3.55. The number of hydrogen-bond donors (Lipinski definition) is 0. The predicted octanol–water partition coefficient (Wildman–Crippen LogP) is 4.65. The van der Waals surface area contributed by atoms with Crippen LogP contribution in [0.2, 0.25) is 0 Å². The van der Waals surface area contributed by atoms with Gasteiger partial charge in [0.2, 0.25) is 0 Å². The van der Waals surface area contributed by atoms with Gasteiger partial charge in [-0.15, -0.1) is 11.6 Å². The Morgan fingerprint density at radius 1 is 0.952 bits per heavy atom. The molecule has 1 atom stereocenters. The van der Waals surface area contributed by atoms with E-state index in [-0.39, 0.29) is 5.38 Å². The molecule has 0 saturated heterocycles. The average Bonchev–Trinajstić information content (AvgIpc) is 2.52. The van der Waals surface area contributed by atoms with E-state index in [1.165, 1.54) is 0 Å². The van der Waals surface area contributed by atoms with E-state index in [1.54, 1.807) is 33.5 Å². The molecule has 5 heteroatoms. The second-order valence-electron chi connectivity index (χ2n) is 4.36. The molecule has 2 aromatic rings. The van der Waals surface area contributed by atoms with Crippen LogP contribution >= 0.6 is 34.2 Å². The molecular formula is C16H16ClIO3. The lowest BCUT2D eigenvalue weighted by atomic mass is 10.0. The number of ether oxygens (including phenoxy) is 3. The topological polar surface area (TPSA) is 27.7 Å². The molecule has 0 aliphatic rings. The minimum atomic E-state index is -0.365. The van der Waals surface area contributed by atoms with E-state index in [0.29, 0.717) is 17.2 Å². The van der Waals surface area contributed by atoms with Crippen LogP contribution in [0.5, 0.6) is 17.2 Å². The smallest absolute Gasteiger partial charge is 0.131 e. The van der Waals surface area contributed by atoms with Gasteiger partial charge in [-0.25, -0.2) is 0 Å². The summed E-state index contributed by atoms with van der Waals surface area (Å²) in [6, 6.07) is 11.7. The monoisotopic (exact) mass is 418 g/mol. The zero-order chi connectivity index (χ0) is 15.4. The van der Waals surface area contributed by atoms with E-state index in [4.69, 9.17) is 25.8 Å². The maximum atomic E-state index is 6.66. The van der Waals surface area contributed by atoms with Crippen molar-refractivity contribution >= 4 is 34.2 Å². The molecule has 2 aromatic carbocycles. The summed E-state index contributed by atoms with van der Waals surface area (Å²) < 4.78 is 17.3. The molecule has 0 bridgehead atoms. The van der Waals surface area contributed by atoms with Crippen molar-refractivity contribution in [2.45, 2.75) is 5.38 Å². The average molecular weight is 419 g/mol. The van der Waals surface area contributed by atoms with Crippen molar-refractivity contribution in [1.82, 2.24) is 0 Å². The van der Waals surface area contributed by atoms with Crippen LogP contribution in [0.25, 0.3) is 0 Å². The first kappa shape index (κ1) is 16.2. The van der Waals surface area contributed by atoms with Gasteiger partial charge >= 0.3 is 0 Å². The fourth-order valence-corrected chi connectivity index (χ4v) is 3.03. The highest BCUT2D eigenvalue weighted by molar-refractivity contribution is 14.1. The number of benzene rings is 2. The molecular weight excluding hydrogens is 403 g/mol. The molecule has 0 heterocycles. The van der Waals surface area contributed by atoms with Crippen molar-refractivity contribution < 1.29 is 14.2 Å². The summed E-state index contributed by atoms with van der Waals surface area (Å²) in [5.41, 5.74) is 1.79. The number of methoxy groups -OCH3 is 3. The number of hydrogen-bond acceptors (Lipinski definition) is 3. The normalized spacial score (nSPS) is 11.9. The van der Waals surface area contributed by atoms with Gasteiger partial charge < -0.3 is 14.2 Å². The summed E-state index contributed by atoms with van der Waals surface area (Å²) in [6.45, 7) is 0. The molecule has 0 fully saturated rings. The second kappa shape index (κ2) is 7.22. The van der Waals surface area contributed by atoms with Gasteiger partial charge in [-0.2, -0.15) is 0 Å². The van der Waals surface area contributed by atoms with E-state index in [1.807, 2.05) is 24.3 Å². The Kier molecular flexibility index (Phi) is 5.58. The van der Waals surface area contributed by atoms with E-state index >= 15 is 0 Å². The van der Waals surface area contributed by atoms with Gasteiger partial charge in [0.25, 0.3) is 0 Å². The van der Waals surface area contributed by atoms with E-state index < -0.39 is 0 Å². The molecule has 0 spiro atoms.